The van der Waals surface area contributed by atoms with Gasteiger partial charge in [0.1, 0.15) is 28.4 Å². The maximum absolute atomic E-state index is 13.5. The van der Waals surface area contributed by atoms with E-state index in [0.29, 0.717) is 24.1 Å². The number of methoxy groups -OCH3 is 2. The number of hydrogen-bond donors (Lipinski definition) is 5. The molecule has 0 aliphatic rings. The van der Waals surface area contributed by atoms with Gasteiger partial charge in [-0.2, -0.15) is 5.10 Å². The summed E-state index contributed by atoms with van der Waals surface area (Å²) in [6, 6.07) is 8.06. The van der Waals surface area contributed by atoms with E-state index in [4.69, 9.17) is 24.6 Å². The Balaban J connectivity index is 1.60. The fourth-order valence-electron chi connectivity index (χ4n) is 3.90. The highest BCUT2D eigenvalue weighted by atomic mass is 32.2. The molecule has 0 aliphatic carbocycles. The summed E-state index contributed by atoms with van der Waals surface area (Å²) < 4.78 is 52.1. The van der Waals surface area contributed by atoms with Crippen molar-refractivity contribution in [3.8, 4) is 11.5 Å². The summed E-state index contributed by atoms with van der Waals surface area (Å²) in [5, 5.41) is 27.5. The van der Waals surface area contributed by atoms with Crippen LogP contribution in [0.4, 0.5) is 10.6 Å². The fraction of sp³-hybridized carbons (Fsp3) is 0.280. The monoisotopic (exact) mass is 587 g/mol. The van der Waals surface area contributed by atoms with Gasteiger partial charge in [0.05, 0.1) is 27.0 Å². The Morgan fingerprint density at radius 3 is 2.66 bits per heavy atom. The Labute approximate surface area is 234 Å². The second-order valence-electron chi connectivity index (χ2n) is 8.71. The van der Waals surface area contributed by atoms with Crippen LogP contribution in [0.2, 0.25) is 0 Å². The lowest BCUT2D eigenvalue weighted by atomic mass is 10.1. The van der Waals surface area contributed by atoms with Crippen LogP contribution in [0, 0.1) is 5.41 Å². The highest BCUT2D eigenvalue weighted by molar-refractivity contribution is 7.92. The molecule has 4 rings (SSSR count). The molecule has 0 atom stereocenters. The van der Waals surface area contributed by atoms with Crippen molar-refractivity contribution < 1.29 is 37.2 Å². The molecule has 0 bridgehead atoms. The molecular weight excluding hydrogens is 558 g/mol. The second kappa shape index (κ2) is 12.6. The number of amidine groups is 1. The molecule has 0 aliphatic heterocycles. The predicted octanol–water partition coefficient (Wildman–Crippen LogP) is 2.64. The molecule has 0 fully saturated rings. The minimum Gasteiger partial charge on any atom is -0.496 e. The van der Waals surface area contributed by atoms with Gasteiger partial charge in [0.15, 0.2) is 17.2 Å². The Morgan fingerprint density at radius 1 is 1.15 bits per heavy atom. The number of amides is 1. The maximum atomic E-state index is 13.5. The van der Waals surface area contributed by atoms with Crippen LogP contribution in [-0.2, 0) is 34.3 Å². The first-order chi connectivity index (χ1) is 19.7. The Bertz CT molecular complexity index is 1670. The molecule has 5 N–H and O–H groups in total. The van der Waals surface area contributed by atoms with Crippen molar-refractivity contribution in [3.63, 3.8) is 0 Å². The van der Waals surface area contributed by atoms with Crippen LogP contribution in [-0.4, -0.2) is 61.3 Å². The molecule has 0 spiro atoms. The van der Waals surface area contributed by atoms with Crippen molar-refractivity contribution in [2.24, 2.45) is 0 Å². The molecule has 15 nitrogen and oxygen atoms in total. The molecular formula is C25H29N7O8S. The molecule has 41 heavy (non-hydrogen) atoms. The van der Waals surface area contributed by atoms with Crippen molar-refractivity contribution in [3.05, 3.63) is 59.4 Å². The molecule has 0 unspecified atom stereocenters. The summed E-state index contributed by atoms with van der Waals surface area (Å²) in [5.74, 6) is -0.140. The molecule has 218 valence electrons. The van der Waals surface area contributed by atoms with Crippen molar-refractivity contribution >= 4 is 38.7 Å². The van der Waals surface area contributed by atoms with E-state index in [1.54, 1.807) is 40.8 Å². The summed E-state index contributed by atoms with van der Waals surface area (Å²) in [7, 11) is -1.53. The average Bonchev–Trinajstić information content (AvgIpc) is 3.60. The lowest BCUT2D eigenvalue weighted by Gasteiger charge is -2.14. The minimum atomic E-state index is -4.25. The molecule has 2 heterocycles. The number of rotatable bonds is 12. The van der Waals surface area contributed by atoms with Gasteiger partial charge < -0.3 is 24.1 Å². The van der Waals surface area contributed by atoms with Crippen LogP contribution in [0.25, 0.3) is 11.0 Å². The third-order valence-corrected chi connectivity index (χ3v) is 7.28. The Hall–Kier alpha value is -4.83. The molecule has 4 aromatic rings. The van der Waals surface area contributed by atoms with Gasteiger partial charge in [-0.15, -0.1) is 0 Å². The number of aryl methyl sites for hydroxylation is 1. The van der Waals surface area contributed by atoms with E-state index in [9.17, 15) is 13.2 Å². The van der Waals surface area contributed by atoms with Gasteiger partial charge in [-0.3, -0.25) is 25.5 Å². The van der Waals surface area contributed by atoms with Crippen LogP contribution in [0.5, 0.6) is 11.5 Å². The number of hydrogen-bond acceptors (Lipinski definition) is 11. The smallest absolute Gasteiger partial charge is 0.407 e. The number of aromatic nitrogens is 3. The zero-order valence-electron chi connectivity index (χ0n) is 22.4. The van der Waals surface area contributed by atoms with Gasteiger partial charge in [0, 0.05) is 18.3 Å². The van der Waals surface area contributed by atoms with E-state index in [1.807, 2.05) is 6.92 Å². The number of nitrogens with zero attached hydrogens (tertiary/aromatic N) is 3. The number of carbonyl (C=O) groups is 1. The second-order valence-corrected chi connectivity index (χ2v) is 10.4. The fourth-order valence-corrected chi connectivity index (χ4v) is 5.10. The van der Waals surface area contributed by atoms with E-state index in [2.05, 4.69) is 25.0 Å². The third kappa shape index (κ3) is 6.85. The van der Waals surface area contributed by atoms with Crippen LogP contribution in [0.3, 0.4) is 0 Å². The predicted molar refractivity (Wildman–Crippen MR) is 146 cm³/mol. The quantitative estimate of drug-likeness (QED) is 0.0926. The lowest BCUT2D eigenvalue weighted by molar-refractivity contribution is 0.170. The van der Waals surface area contributed by atoms with Crippen molar-refractivity contribution in [1.29, 1.82) is 5.41 Å². The van der Waals surface area contributed by atoms with Crippen LogP contribution >= 0.6 is 0 Å². The molecule has 0 saturated heterocycles. The van der Waals surface area contributed by atoms with Gasteiger partial charge in [-0.25, -0.2) is 13.2 Å². The molecule has 16 heteroatoms. The van der Waals surface area contributed by atoms with Gasteiger partial charge in [0.25, 0.3) is 10.0 Å². The zero-order valence-corrected chi connectivity index (χ0v) is 23.2. The van der Waals surface area contributed by atoms with Crippen molar-refractivity contribution in [2.45, 2.75) is 31.3 Å². The topological polar surface area (TPSA) is 203 Å². The number of alkyl carbamates (subject to hydrolysis) is 1. The summed E-state index contributed by atoms with van der Waals surface area (Å²) in [5.41, 5.74) is 4.17. The molecule has 2 aromatic heterocycles. The number of sulfonamides is 1. The summed E-state index contributed by atoms with van der Waals surface area (Å²) >= 11 is 0. The highest BCUT2D eigenvalue weighted by Crippen LogP contribution is 2.36. The first-order valence-electron chi connectivity index (χ1n) is 12.2. The number of benzene rings is 2. The average molecular weight is 588 g/mol. The van der Waals surface area contributed by atoms with Gasteiger partial charge in [-0.1, -0.05) is 18.1 Å². The van der Waals surface area contributed by atoms with E-state index in [-0.39, 0.29) is 41.0 Å². The largest absolute Gasteiger partial charge is 0.496 e. The van der Waals surface area contributed by atoms with Crippen molar-refractivity contribution in [1.82, 2.24) is 25.7 Å². The number of hydroxylamine groups is 1. The number of nitrogens with one attached hydrogen (secondary N) is 4. The summed E-state index contributed by atoms with van der Waals surface area (Å²) in [6.45, 7) is 2.07. The number of fused-ring (bicyclic) bond motifs is 1. The standard InChI is InChI=1S/C25H29N7O8S/c1-4-15-5-6-18(39-14-22(26)29-34)21(9-15)41(35,36)31-24-23-19(37-2)7-16(8-20(23)40-30-24)12-32-13-17(11-28-32)10-27-25(33)38-3/h5-9,11,13,34H,4,10,12,14H2,1-3H3,(H2,26,29)(H,27,33)(H,30,31). The summed E-state index contributed by atoms with van der Waals surface area (Å²) in [6.07, 6.45) is 3.39. The third-order valence-electron chi connectivity index (χ3n) is 5.92. The number of anilines is 1. The highest BCUT2D eigenvalue weighted by Gasteiger charge is 2.25. The zero-order chi connectivity index (χ0) is 29.6. The van der Waals surface area contributed by atoms with Crippen LogP contribution < -0.4 is 25.0 Å². The first kappa shape index (κ1) is 29.2. The lowest BCUT2D eigenvalue weighted by Crippen LogP contribution is -2.25. The van der Waals surface area contributed by atoms with Gasteiger partial charge >= 0.3 is 6.09 Å². The Morgan fingerprint density at radius 2 is 1.95 bits per heavy atom. The SMILES string of the molecule is CCc1ccc(OCC(=N)NO)c(S(=O)(=O)Nc2noc3cc(Cn4cc(CNC(=O)OC)cn4)cc(OC)c23)c1. The molecule has 1 amide bonds. The Kier molecular flexibility index (Phi) is 8.94. The number of ether oxygens (including phenoxy) is 3. The van der Waals surface area contributed by atoms with Crippen LogP contribution in [0.1, 0.15) is 23.6 Å². The normalized spacial score (nSPS) is 11.2. The van der Waals surface area contributed by atoms with Gasteiger partial charge in [-0.05, 0) is 41.8 Å². The van der Waals surface area contributed by atoms with E-state index in [0.717, 1.165) is 16.7 Å². The van der Waals surface area contributed by atoms with Crippen LogP contribution in [0.15, 0.2) is 52.1 Å². The van der Waals surface area contributed by atoms with Gasteiger partial charge in [0.2, 0.25) is 0 Å². The van der Waals surface area contributed by atoms with E-state index < -0.39 is 16.1 Å². The number of carbonyl (C=O) groups excluding carboxylic acids is 1. The minimum absolute atomic E-state index is 0.0165. The maximum Gasteiger partial charge on any atom is 0.407 e. The van der Waals surface area contributed by atoms with Crippen molar-refractivity contribution in [2.75, 3.05) is 25.5 Å². The van der Waals surface area contributed by atoms with E-state index >= 15 is 0 Å². The molecule has 2 aromatic carbocycles. The van der Waals surface area contributed by atoms with E-state index in [1.165, 1.54) is 26.4 Å². The first-order valence-corrected chi connectivity index (χ1v) is 13.7. The molecule has 0 radical (unpaired) electrons. The summed E-state index contributed by atoms with van der Waals surface area (Å²) in [4.78, 5) is 11.1. The molecule has 0 saturated carbocycles.